The van der Waals surface area contributed by atoms with Crippen LogP contribution in [0.2, 0.25) is 0 Å². The highest BCUT2D eigenvalue weighted by Gasteiger charge is 2.21. The van der Waals surface area contributed by atoms with Crippen molar-refractivity contribution in [2.75, 3.05) is 7.11 Å². The zero-order chi connectivity index (χ0) is 12.3. The van der Waals surface area contributed by atoms with Gasteiger partial charge in [0.2, 0.25) is 0 Å². The maximum atomic E-state index is 11.7. The molecule has 4 heteroatoms. The number of methoxy groups -OCH3 is 1. The summed E-state index contributed by atoms with van der Waals surface area (Å²) >= 11 is 0. The third kappa shape index (κ3) is 2.75. The lowest BCUT2D eigenvalue weighted by Crippen LogP contribution is -2.17. The summed E-state index contributed by atoms with van der Waals surface area (Å²) in [6.07, 6.45) is 5.50. The van der Waals surface area contributed by atoms with Crippen LogP contribution in [0.1, 0.15) is 62.6 Å². The third-order valence-corrected chi connectivity index (χ3v) is 3.51. The van der Waals surface area contributed by atoms with Crippen LogP contribution in [-0.2, 0) is 4.74 Å². The molecular formula is C13H20N2O2. The van der Waals surface area contributed by atoms with Gasteiger partial charge in [0.1, 0.15) is 11.9 Å². The number of hydrogen-bond acceptors (Lipinski definition) is 3. The van der Waals surface area contributed by atoms with Crippen molar-refractivity contribution in [1.29, 1.82) is 0 Å². The molecule has 1 aliphatic rings. The van der Waals surface area contributed by atoms with E-state index in [9.17, 15) is 4.79 Å². The molecule has 1 fully saturated rings. The summed E-state index contributed by atoms with van der Waals surface area (Å²) in [5.74, 6) is 1.13. The molecule has 1 aromatic rings. The Hall–Kier alpha value is -1.16. The van der Waals surface area contributed by atoms with Gasteiger partial charge in [0.15, 0.2) is 0 Å². The Kier molecular flexibility index (Phi) is 3.94. The lowest BCUT2D eigenvalue weighted by Gasteiger charge is -2.15. The predicted octanol–water partition coefficient (Wildman–Crippen LogP) is 2.53. The first-order valence-corrected chi connectivity index (χ1v) is 6.38. The normalized spacial score (nSPS) is 18.5. The average Bonchev–Trinajstić information content (AvgIpc) is 2.83. The Balaban J connectivity index is 2.31. The third-order valence-electron chi connectivity index (χ3n) is 3.51. The van der Waals surface area contributed by atoms with Gasteiger partial charge in [-0.3, -0.25) is 4.79 Å². The zero-order valence-electron chi connectivity index (χ0n) is 10.5. The van der Waals surface area contributed by atoms with E-state index in [1.54, 1.807) is 13.2 Å². The molecule has 0 aliphatic heterocycles. The molecule has 1 heterocycles. The van der Waals surface area contributed by atoms with Crippen LogP contribution in [0.4, 0.5) is 0 Å². The van der Waals surface area contributed by atoms with Crippen LogP contribution in [0, 0.1) is 0 Å². The van der Waals surface area contributed by atoms with Gasteiger partial charge in [-0.25, -0.2) is 4.98 Å². The highest BCUT2D eigenvalue weighted by molar-refractivity contribution is 5.11. The largest absolute Gasteiger partial charge is 0.374 e. The van der Waals surface area contributed by atoms with E-state index in [1.165, 1.54) is 12.8 Å². The maximum absolute atomic E-state index is 11.7. The average molecular weight is 236 g/mol. The SMILES string of the molecule is CCC(OC)c1nc(C2CCCC2)cc(=O)[nH]1. The van der Waals surface area contributed by atoms with Crippen LogP contribution in [0.5, 0.6) is 0 Å². The fourth-order valence-electron chi connectivity index (χ4n) is 2.55. The topological polar surface area (TPSA) is 55.0 Å². The minimum Gasteiger partial charge on any atom is -0.374 e. The van der Waals surface area contributed by atoms with Gasteiger partial charge in [-0.1, -0.05) is 19.8 Å². The summed E-state index contributed by atoms with van der Waals surface area (Å²) in [5.41, 5.74) is 0.879. The number of aromatic nitrogens is 2. The van der Waals surface area contributed by atoms with E-state index in [4.69, 9.17) is 4.74 Å². The van der Waals surface area contributed by atoms with Crippen molar-refractivity contribution >= 4 is 0 Å². The lowest BCUT2D eigenvalue weighted by molar-refractivity contribution is 0.0920. The summed E-state index contributed by atoms with van der Waals surface area (Å²) in [7, 11) is 1.65. The Morgan fingerprint density at radius 3 is 2.82 bits per heavy atom. The van der Waals surface area contributed by atoms with Gasteiger partial charge in [0.05, 0.1) is 5.69 Å². The van der Waals surface area contributed by atoms with Gasteiger partial charge in [-0.15, -0.1) is 0 Å². The summed E-state index contributed by atoms with van der Waals surface area (Å²) in [6.45, 7) is 2.02. The van der Waals surface area contributed by atoms with Crippen LogP contribution in [0.3, 0.4) is 0 Å². The van der Waals surface area contributed by atoms with E-state index in [1.807, 2.05) is 6.92 Å². The van der Waals surface area contributed by atoms with Crippen LogP contribution in [0.25, 0.3) is 0 Å². The summed E-state index contributed by atoms with van der Waals surface area (Å²) < 4.78 is 5.33. The Labute approximate surface area is 101 Å². The van der Waals surface area contributed by atoms with Crippen molar-refractivity contribution in [2.45, 2.75) is 51.0 Å². The van der Waals surface area contributed by atoms with Crippen LogP contribution < -0.4 is 5.56 Å². The van der Waals surface area contributed by atoms with Crippen molar-refractivity contribution in [3.8, 4) is 0 Å². The second-order valence-corrected chi connectivity index (χ2v) is 4.67. The predicted molar refractivity (Wildman–Crippen MR) is 66.1 cm³/mol. The van der Waals surface area contributed by atoms with Gasteiger partial charge in [-0.05, 0) is 19.3 Å². The second-order valence-electron chi connectivity index (χ2n) is 4.67. The number of H-pyrrole nitrogens is 1. The molecule has 94 valence electrons. The Morgan fingerprint density at radius 2 is 2.24 bits per heavy atom. The molecule has 1 unspecified atom stereocenters. The van der Waals surface area contributed by atoms with Gasteiger partial charge in [0, 0.05) is 19.1 Å². The first-order valence-electron chi connectivity index (χ1n) is 6.38. The molecule has 2 rings (SSSR count). The monoisotopic (exact) mass is 236 g/mol. The molecule has 17 heavy (non-hydrogen) atoms. The highest BCUT2D eigenvalue weighted by Crippen LogP contribution is 2.32. The fraction of sp³-hybridized carbons (Fsp3) is 0.692. The Bertz CT molecular complexity index is 394. The Morgan fingerprint density at radius 1 is 1.53 bits per heavy atom. The molecule has 1 N–H and O–H groups in total. The fourth-order valence-corrected chi connectivity index (χ4v) is 2.55. The van der Waals surface area contributed by atoms with E-state index in [0.29, 0.717) is 11.7 Å². The standard InChI is InChI=1S/C13H20N2O2/c1-3-11(17-2)13-14-10(8-12(16)15-13)9-6-4-5-7-9/h8-9,11H,3-7H2,1-2H3,(H,14,15,16). The summed E-state index contributed by atoms with van der Waals surface area (Å²) in [6, 6.07) is 1.64. The van der Waals surface area contributed by atoms with E-state index in [-0.39, 0.29) is 11.7 Å². The molecule has 1 aliphatic carbocycles. The molecule has 1 atom stereocenters. The maximum Gasteiger partial charge on any atom is 0.251 e. The molecule has 0 aromatic carbocycles. The molecule has 0 saturated heterocycles. The van der Waals surface area contributed by atoms with Crippen LogP contribution in [0.15, 0.2) is 10.9 Å². The van der Waals surface area contributed by atoms with Crippen molar-refractivity contribution in [1.82, 2.24) is 9.97 Å². The van der Waals surface area contributed by atoms with Gasteiger partial charge in [-0.2, -0.15) is 0 Å². The molecule has 4 nitrogen and oxygen atoms in total. The molecule has 1 aromatic heterocycles. The minimum atomic E-state index is -0.107. The van der Waals surface area contributed by atoms with Crippen molar-refractivity contribution in [3.63, 3.8) is 0 Å². The molecule has 0 radical (unpaired) electrons. The van der Waals surface area contributed by atoms with Gasteiger partial charge >= 0.3 is 0 Å². The lowest BCUT2D eigenvalue weighted by atomic mass is 10.0. The number of nitrogens with zero attached hydrogens (tertiary/aromatic N) is 1. The summed E-state index contributed by atoms with van der Waals surface area (Å²) in [5, 5.41) is 0. The highest BCUT2D eigenvalue weighted by atomic mass is 16.5. The first kappa shape index (κ1) is 12.3. The molecule has 0 amide bonds. The quantitative estimate of drug-likeness (QED) is 0.874. The van der Waals surface area contributed by atoms with Crippen LogP contribution in [-0.4, -0.2) is 17.1 Å². The van der Waals surface area contributed by atoms with Crippen molar-refractivity contribution in [3.05, 3.63) is 27.9 Å². The van der Waals surface area contributed by atoms with E-state index in [2.05, 4.69) is 9.97 Å². The number of rotatable bonds is 4. The van der Waals surface area contributed by atoms with E-state index in [0.717, 1.165) is 25.0 Å². The van der Waals surface area contributed by atoms with Gasteiger partial charge in [0.25, 0.3) is 5.56 Å². The zero-order valence-corrected chi connectivity index (χ0v) is 10.5. The number of aromatic amines is 1. The summed E-state index contributed by atoms with van der Waals surface area (Å²) in [4.78, 5) is 19.0. The number of hydrogen-bond donors (Lipinski definition) is 1. The molecular weight excluding hydrogens is 216 g/mol. The molecule has 0 bridgehead atoms. The first-order chi connectivity index (χ1) is 8.24. The minimum absolute atomic E-state index is 0.0626. The van der Waals surface area contributed by atoms with Crippen molar-refractivity contribution < 1.29 is 4.74 Å². The van der Waals surface area contributed by atoms with E-state index < -0.39 is 0 Å². The number of ether oxygens (including phenoxy) is 1. The smallest absolute Gasteiger partial charge is 0.251 e. The molecule has 1 saturated carbocycles. The van der Waals surface area contributed by atoms with Crippen LogP contribution >= 0.6 is 0 Å². The number of nitrogens with one attached hydrogen (secondary N) is 1. The van der Waals surface area contributed by atoms with Crippen molar-refractivity contribution in [2.24, 2.45) is 0 Å². The van der Waals surface area contributed by atoms with Gasteiger partial charge < -0.3 is 9.72 Å². The van der Waals surface area contributed by atoms with E-state index >= 15 is 0 Å². The second kappa shape index (κ2) is 5.45. The molecule has 0 spiro atoms.